The second-order valence-corrected chi connectivity index (χ2v) is 3.61. The zero-order chi connectivity index (χ0) is 8.32. The fraction of sp³-hybridized carbons (Fsp3) is 0. The first-order valence-electron chi connectivity index (χ1n) is 2.87. The average Bonchev–Trinajstić information content (AvgIpc) is 2.06. The number of rotatable bonds is 1. The Bertz CT molecular complexity index is 370. The van der Waals surface area contributed by atoms with Crippen molar-refractivity contribution < 1.29 is 13.6 Å². The molecular weight excluding hydrogens is 164 g/mol. The molecule has 58 valence electrons. The van der Waals surface area contributed by atoms with E-state index in [4.69, 9.17) is 4.55 Å². The molecule has 1 rings (SSSR count). The highest BCUT2D eigenvalue weighted by Gasteiger charge is 2.04. The van der Waals surface area contributed by atoms with Crippen molar-refractivity contribution in [1.29, 1.82) is 0 Å². The van der Waals surface area contributed by atoms with Crippen molar-refractivity contribution in [2.75, 3.05) is 0 Å². The monoisotopic (exact) mass is 170 g/mol. The number of benzene rings is 1. The third-order valence-corrected chi connectivity index (χ3v) is 2.31. The average molecular weight is 170 g/mol. The van der Waals surface area contributed by atoms with Crippen molar-refractivity contribution in [2.24, 2.45) is 0 Å². The van der Waals surface area contributed by atoms with Crippen LogP contribution in [-0.4, -0.2) is 14.0 Å². The molecule has 0 aliphatic heterocycles. The van der Waals surface area contributed by atoms with E-state index in [1.165, 1.54) is 12.1 Å². The molecule has 0 saturated heterocycles. The molecule has 0 fully saturated rings. The Balaban J connectivity index is 3.37. The van der Waals surface area contributed by atoms with Gasteiger partial charge in [-0.3, -0.25) is 0 Å². The van der Waals surface area contributed by atoms with Gasteiger partial charge in [0.25, 0.3) is 0 Å². The summed E-state index contributed by atoms with van der Waals surface area (Å²) in [6.07, 6.45) is 0. The fourth-order valence-corrected chi connectivity index (χ4v) is 1.28. The van der Waals surface area contributed by atoms with Gasteiger partial charge in [0, 0.05) is 0 Å². The van der Waals surface area contributed by atoms with E-state index < -0.39 is 9.80 Å². The molecule has 0 spiro atoms. The van der Waals surface area contributed by atoms with Gasteiger partial charge in [-0.15, -0.1) is 0 Å². The van der Waals surface area contributed by atoms with Gasteiger partial charge in [-0.05, 0) is 12.1 Å². The molecule has 1 N–H and O–H groups in total. The van der Waals surface area contributed by atoms with Gasteiger partial charge in [0.15, 0.2) is 9.80 Å². The third kappa shape index (κ3) is 1.68. The van der Waals surface area contributed by atoms with Crippen molar-refractivity contribution in [3.63, 3.8) is 0 Å². The van der Waals surface area contributed by atoms with Crippen molar-refractivity contribution in [3.8, 4) is 0 Å². The van der Waals surface area contributed by atoms with E-state index in [9.17, 15) is 9.00 Å². The molecule has 0 aromatic heterocycles. The second kappa shape index (κ2) is 2.88. The topological polar surface area (TPSA) is 54.4 Å². The van der Waals surface area contributed by atoms with Gasteiger partial charge < -0.3 is 4.55 Å². The molecule has 1 atom stereocenters. The molecule has 0 amide bonds. The van der Waals surface area contributed by atoms with Crippen LogP contribution in [0.15, 0.2) is 35.2 Å². The summed E-state index contributed by atoms with van der Waals surface area (Å²) in [6, 6.07) is 7.69. The van der Waals surface area contributed by atoms with Gasteiger partial charge in [-0.1, -0.05) is 18.2 Å². The SMILES string of the molecule is O=C=S(=O)(O)c1ccccc1. The number of carbonyl (C=O) groups excluding carboxylic acids is 1. The molecule has 1 unspecified atom stereocenters. The Morgan fingerprint density at radius 3 is 2.27 bits per heavy atom. The molecule has 3 nitrogen and oxygen atoms in total. The number of hydrogen-bond acceptors (Lipinski definition) is 2. The summed E-state index contributed by atoms with van der Waals surface area (Å²) in [4.78, 5) is 10.1. The molecule has 11 heavy (non-hydrogen) atoms. The molecule has 0 heterocycles. The van der Waals surface area contributed by atoms with E-state index in [0.717, 1.165) is 5.23 Å². The highest BCUT2D eigenvalue weighted by Crippen LogP contribution is 2.05. The molecule has 0 aliphatic carbocycles. The Morgan fingerprint density at radius 2 is 1.82 bits per heavy atom. The molecule has 0 aliphatic rings. The van der Waals surface area contributed by atoms with Crippen LogP contribution in [0, 0.1) is 0 Å². The fourth-order valence-electron chi connectivity index (χ4n) is 0.653. The van der Waals surface area contributed by atoms with E-state index in [-0.39, 0.29) is 4.90 Å². The lowest BCUT2D eigenvalue weighted by Crippen LogP contribution is -1.97. The Labute approximate surface area is 64.5 Å². The lowest BCUT2D eigenvalue weighted by Gasteiger charge is -1.95. The van der Waals surface area contributed by atoms with Gasteiger partial charge in [0.2, 0.25) is 5.23 Å². The first-order chi connectivity index (χ1) is 5.17. The lowest BCUT2D eigenvalue weighted by atomic mass is 10.4. The Morgan fingerprint density at radius 1 is 1.27 bits per heavy atom. The third-order valence-electron chi connectivity index (χ3n) is 1.18. The van der Waals surface area contributed by atoms with Crippen LogP contribution < -0.4 is 0 Å². The van der Waals surface area contributed by atoms with Crippen molar-refractivity contribution in [2.45, 2.75) is 4.90 Å². The molecule has 0 bridgehead atoms. The Kier molecular flexibility index (Phi) is 2.10. The maximum absolute atomic E-state index is 10.9. The van der Waals surface area contributed by atoms with E-state index >= 15 is 0 Å². The standard InChI is InChI=1S/C7H6O3S/c8-6-11(9,10)7-4-2-1-3-5-7/h1-5H,(H,9,10). The molecule has 0 radical (unpaired) electrons. The summed E-state index contributed by atoms with van der Waals surface area (Å²) >= 11 is 0. The van der Waals surface area contributed by atoms with Crippen LogP contribution in [0.1, 0.15) is 0 Å². The second-order valence-electron chi connectivity index (χ2n) is 1.92. The van der Waals surface area contributed by atoms with Gasteiger partial charge in [-0.25, -0.2) is 9.00 Å². The summed E-state index contributed by atoms with van der Waals surface area (Å²) in [5.41, 5.74) is 0. The molecule has 1 aromatic rings. The van der Waals surface area contributed by atoms with Crippen LogP contribution in [0.4, 0.5) is 0 Å². The number of hydrogen-bond donors (Lipinski definition) is 1. The zero-order valence-electron chi connectivity index (χ0n) is 5.56. The van der Waals surface area contributed by atoms with E-state index in [2.05, 4.69) is 0 Å². The van der Waals surface area contributed by atoms with Crippen LogP contribution in [0.2, 0.25) is 0 Å². The van der Waals surface area contributed by atoms with E-state index in [1.807, 2.05) is 0 Å². The van der Waals surface area contributed by atoms with Gasteiger partial charge >= 0.3 is 0 Å². The summed E-state index contributed by atoms with van der Waals surface area (Å²) in [5.74, 6) is 0. The zero-order valence-corrected chi connectivity index (χ0v) is 6.38. The van der Waals surface area contributed by atoms with Crippen LogP contribution in [0.3, 0.4) is 0 Å². The smallest absolute Gasteiger partial charge is 0.217 e. The van der Waals surface area contributed by atoms with Crippen LogP contribution >= 0.6 is 0 Å². The summed E-state index contributed by atoms with van der Waals surface area (Å²) in [6.45, 7) is 0. The lowest BCUT2D eigenvalue weighted by molar-refractivity contribution is 0.543. The molecule has 0 saturated carbocycles. The van der Waals surface area contributed by atoms with Gasteiger partial charge in [-0.2, -0.15) is 0 Å². The predicted octanol–water partition coefficient (Wildman–Crippen LogP) is 0.870. The minimum atomic E-state index is -3.55. The molecule has 4 heteroatoms. The molecular formula is C7H6O3S. The normalized spacial score (nSPS) is 15.0. The van der Waals surface area contributed by atoms with Crippen molar-refractivity contribution in [3.05, 3.63) is 30.3 Å². The summed E-state index contributed by atoms with van der Waals surface area (Å²) in [7, 11) is -3.55. The Hall–Kier alpha value is -1.09. The van der Waals surface area contributed by atoms with Gasteiger partial charge in [0.05, 0.1) is 4.90 Å². The van der Waals surface area contributed by atoms with Gasteiger partial charge in [0.1, 0.15) is 0 Å². The highest BCUT2D eigenvalue weighted by atomic mass is 32.2. The first-order valence-corrected chi connectivity index (χ1v) is 4.39. The summed E-state index contributed by atoms with van der Waals surface area (Å²) in [5, 5.41) is 1.09. The molecule has 1 aromatic carbocycles. The minimum absolute atomic E-state index is 0.0926. The maximum Gasteiger partial charge on any atom is 0.217 e. The quantitative estimate of drug-likeness (QED) is 0.636. The maximum atomic E-state index is 10.9. The van der Waals surface area contributed by atoms with Crippen molar-refractivity contribution >= 4 is 15.0 Å². The van der Waals surface area contributed by atoms with Crippen molar-refractivity contribution in [1.82, 2.24) is 0 Å². The minimum Gasteiger partial charge on any atom is -0.302 e. The first kappa shape index (κ1) is 8.01. The summed E-state index contributed by atoms with van der Waals surface area (Å²) < 4.78 is 19.8. The van der Waals surface area contributed by atoms with Crippen LogP contribution in [0.5, 0.6) is 0 Å². The van der Waals surface area contributed by atoms with Crippen LogP contribution in [-0.2, 0) is 14.6 Å². The highest BCUT2D eigenvalue weighted by molar-refractivity contribution is 7.95. The predicted molar refractivity (Wildman–Crippen MR) is 41.2 cm³/mol. The largest absolute Gasteiger partial charge is 0.302 e. The van der Waals surface area contributed by atoms with Crippen LogP contribution in [0.25, 0.3) is 0 Å². The van der Waals surface area contributed by atoms with E-state index in [0.29, 0.717) is 0 Å². The van der Waals surface area contributed by atoms with E-state index in [1.54, 1.807) is 18.2 Å².